The van der Waals surface area contributed by atoms with Crippen LogP contribution in [0.1, 0.15) is 25.7 Å². The summed E-state index contributed by atoms with van der Waals surface area (Å²) in [4.78, 5) is 2.33. The SMILES string of the molecule is OC1(CN2CCC(Oc3ccc(F)cc3)CC2)CCCNC1. The Hall–Kier alpha value is -1.17. The predicted octanol–water partition coefficient (Wildman–Crippen LogP) is 1.78. The third kappa shape index (κ3) is 4.18. The average molecular weight is 308 g/mol. The maximum absolute atomic E-state index is 12.9. The molecule has 2 saturated heterocycles. The van der Waals surface area contributed by atoms with Gasteiger partial charge in [0.05, 0.1) is 5.60 Å². The van der Waals surface area contributed by atoms with Gasteiger partial charge in [0, 0.05) is 26.2 Å². The van der Waals surface area contributed by atoms with Crippen LogP contribution in [-0.2, 0) is 0 Å². The van der Waals surface area contributed by atoms with Gasteiger partial charge in [0.25, 0.3) is 0 Å². The Morgan fingerprint density at radius 3 is 2.64 bits per heavy atom. The van der Waals surface area contributed by atoms with Gasteiger partial charge in [-0.1, -0.05) is 0 Å². The summed E-state index contributed by atoms with van der Waals surface area (Å²) in [6.45, 7) is 4.32. The molecular weight excluding hydrogens is 283 g/mol. The minimum absolute atomic E-state index is 0.181. The molecule has 2 N–H and O–H groups in total. The van der Waals surface area contributed by atoms with Crippen molar-refractivity contribution in [3.05, 3.63) is 30.1 Å². The van der Waals surface area contributed by atoms with Crippen molar-refractivity contribution in [3.63, 3.8) is 0 Å². The van der Waals surface area contributed by atoms with Crippen LogP contribution in [0, 0.1) is 5.82 Å². The zero-order chi connectivity index (χ0) is 15.4. The molecule has 0 amide bonds. The number of benzene rings is 1. The molecule has 1 aromatic rings. The van der Waals surface area contributed by atoms with E-state index >= 15 is 0 Å². The minimum atomic E-state index is -0.580. The number of hydrogen-bond donors (Lipinski definition) is 2. The molecule has 22 heavy (non-hydrogen) atoms. The van der Waals surface area contributed by atoms with Gasteiger partial charge in [0.1, 0.15) is 17.7 Å². The van der Waals surface area contributed by atoms with Gasteiger partial charge in [0.15, 0.2) is 0 Å². The van der Waals surface area contributed by atoms with Crippen molar-refractivity contribution in [2.75, 3.05) is 32.7 Å². The van der Waals surface area contributed by atoms with E-state index in [4.69, 9.17) is 4.74 Å². The highest BCUT2D eigenvalue weighted by atomic mass is 19.1. The standard InChI is InChI=1S/C17H25FN2O2/c18-14-2-4-15(5-3-14)22-16-6-10-20(11-7-16)13-17(21)8-1-9-19-12-17/h2-5,16,19,21H,1,6-13H2. The number of aliphatic hydroxyl groups is 1. The highest BCUT2D eigenvalue weighted by molar-refractivity contribution is 5.22. The number of halogens is 1. The second kappa shape index (κ2) is 6.94. The van der Waals surface area contributed by atoms with Gasteiger partial charge in [-0.05, 0) is 56.5 Å². The van der Waals surface area contributed by atoms with Crippen LogP contribution in [0.4, 0.5) is 4.39 Å². The Balaban J connectivity index is 1.45. The third-order valence-electron chi connectivity index (χ3n) is 4.62. The van der Waals surface area contributed by atoms with Gasteiger partial charge < -0.3 is 20.1 Å². The van der Waals surface area contributed by atoms with E-state index in [1.807, 2.05) is 0 Å². The Labute approximate surface area is 131 Å². The van der Waals surface area contributed by atoms with Crippen LogP contribution in [-0.4, -0.2) is 54.4 Å². The number of rotatable bonds is 4. The zero-order valence-electron chi connectivity index (χ0n) is 12.9. The molecule has 5 heteroatoms. The number of piperidine rings is 2. The molecule has 2 fully saturated rings. The third-order valence-corrected chi connectivity index (χ3v) is 4.62. The van der Waals surface area contributed by atoms with Crippen LogP contribution < -0.4 is 10.1 Å². The number of β-amino-alcohol motifs (C(OH)–C–C–N with tert-alkyl or cyclic N) is 1. The first-order chi connectivity index (χ1) is 10.6. The van der Waals surface area contributed by atoms with Gasteiger partial charge in [-0.25, -0.2) is 4.39 Å². The highest BCUT2D eigenvalue weighted by Gasteiger charge is 2.33. The molecule has 2 aliphatic heterocycles. The van der Waals surface area contributed by atoms with E-state index in [9.17, 15) is 9.50 Å². The van der Waals surface area contributed by atoms with Crippen molar-refractivity contribution >= 4 is 0 Å². The van der Waals surface area contributed by atoms with E-state index in [0.29, 0.717) is 6.54 Å². The smallest absolute Gasteiger partial charge is 0.123 e. The van der Waals surface area contributed by atoms with E-state index in [1.54, 1.807) is 12.1 Å². The van der Waals surface area contributed by atoms with Gasteiger partial charge in [-0.2, -0.15) is 0 Å². The van der Waals surface area contributed by atoms with Crippen LogP contribution in [0.15, 0.2) is 24.3 Å². The normalized spacial score (nSPS) is 27.7. The lowest BCUT2D eigenvalue weighted by Gasteiger charge is -2.40. The lowest BCUT2D eigenvalue weighted by Crippen LogP contribution is -2.54. The minimum Gasteiger partial charge on any atom is -0.490 e. The number of ether oxygens (including phenoxy) is 1. The Bertz CT molecular complexity index is 466. The molecule has 4 nitrogen and oxygen atoms in total. The topological polar surface area (TPSA) is 44.7 Å². The van der Waals surface area contributed by atoms with E-state index in [0.717, 1.165) is 57.6 Å². The summed E-state index contributed by atoms with van der Waals surface area (Å²) in [5.41, 5.74) is -0.580. The molecule has 122 valence electrons. The molecule has 0 saturated carbocycles. The first-order valence-electron chi connectivity index (χ1n) is 8.21. The van der Waals surface area contributed by atoms with Crippen molar-refractivity contribution in [3.8, 4) is 5.75 Å². The summed E-state index contributed by atoms with van der Waals surface area (Å²) in [6, 6.07) is 6.21. The molecule has 1 atom stereocenters. The van der Waals surface area contributed by atoms with Crippen LogP contribution in [0.25, 0.3) is 0 Å². The van der Waals surface area contributed by atoms with Crippen LogP contribution in [0.2, 0.25) is 0 Å². The van der Waals surface area contributed by atoms with Crippen molar-refractivity contribution in [2.45, 2.75) is 37.4 Å². The molecule has 1 unspecified atom stereocenters. The fourth-order valence-corrected chi connectivity index (χ4v) is 3.39. The average Bonchev–Trinajstić information content (AvgIpc) is 2.52. The first kappa shape index (κ1) is 15.7. The number of nitrogens with one attached hydrogen (secondary N) is 1. The highest BCUT2D eigenvalue weighted by Crippen LogP contribution is 2.22. The van der Waals surface area contributed by atoms with E-state index in [1.165, 1.54) is 12.1 Å². The summed E-state index contributed by atoms with van der Waals surface area (Å²) >= 11 is 0. The van der Waals surface area contributed by atoms with Crippen molar-refractivity contribution in [1.29, 1.82) is 0 Å². The Morgan fingerprint density at radius 1 is 1.27 bits per heavy atom. The molecule has 3 rings (SSSR count). The number of nitrogens with zero attached hydrogens (tertiary/aromatic N) is 1. The van der Waals surface area contributed by atoms with Gasteiger partial charge in [-0.15, -0.1) is 0 Å². The summed E-state index contributed by atoms with van der Waals surface area (Å²) in [7, 11) is 0. The van der Waals surface area contributed by atoms with Gasteiger partial charge in [-0.3, -0.25) is 0 Å². The van der Waals surface area contributed by atoms with Crippen molar-refractivity contribution < 1.29 is 14.2 Å². The molecule has 0 aliphatic carbocycles. The summed E-state index contributed by atoms with van der Waals surface area (Å²) < 4.78 is 18.8. The van der Waals surface area contributed by atoms with Crippen molar-refractivity contribution in [1.82, 2.24) is 10.2 Å². The fourth-order valence-electron chi connectivity index (χ4n) is 3.39. The molecule has 0 bridgehead atoms. The monoisotopic (exact) mass is 308 g/mol. The predicted molar refractivity (Wildman–Crippen MR) is 83.5 cm³/mol. The molecule has 2 heterocycles. The molecule has 0 aromatic heterocycles. The second-order valence-corrected chi connectivity index (χ2v) is 6.55. The molecule has 0 radical (unpaired) electrons. The first-order valence-corrected chi connectivity index (χ1v) is 8.21. The van der Waals surface area contributed by atoms with Gasteiger partial charge >= 0.3 is 0 Å². The summed E-state index contributed by atoms with van der Waals surface area (Å²) in [6.07, 6.45) is 4.00. The largest absolute Gasteiger partial charge is 0.490 e. The second-order valence-electron chi connectivity index (χ2n) is 6.55. The lowest BCUT2D eigenvalue weighted by molar-refractivity contribution is -0.0271. The molecular formula is C17H25FN2O2. The lowest BCUT2D eigenvalue weighted by atomic mass is 9.92. The van der Waals surface area contributed by atoms with E-state index < -0.39 is 5.60 Å². The van der Waals surface area contributed by atoms with Crippen LogP contribution in [0.3, 0.4) is 0 Å². The Morgan fingerprint density at radius 2 is 2.00 bits per heavy atom. The van der Waals surface area contributed by atoms with Crippen LogP contribution in [0.5, 0.6) is 5.75 Å². The maximum atomic E-state index is 12.9. The number of hydrogen-bond acceptors (Lipinski definition) is 4. The summed E-state index contributed by atoms with van der Waals surface area (Å²) in [5, 5.41) is 13.9. The summed E-state index contributed by atoms with van der Waals surface area (Å²) in [5.74, 6) is 0.492. The molecule has 0 spiro atoms. The van der Waals surface area contributed by atoms with Crippen molar-refractivity contribution in [2.24, 2.45) is 0 Å². The molecule has 1 aromatic carbocycles. The quantitative estimate of drug-likeness (QED) is 0.890. The maximum Gasteiger partial charge on any atom is 0.123 e. The van der Waals surface area contributed by atoms with Gasteiger partial charge in [0.2, 0.25) is 0 Å². The zero-order valence-corrected chi connectivity index (χ0v) is 12.9. The number of likely N-dealkylation sites (tertiary alicyclic amines) is 1. The van der Waals surface area contributed by atoms with Crippen LogP contribution >= 0.6 is 0 Å². The van der Waals surface area contributed by atoms with E-state index in [2.05, 4.69) is 10.2 Å². The fraction of sp³-hybridized carbons (Fsp3) is 0.647. The molecule has 2 aliphatic rings. The Kier molecular flexibility index (Phi) is 4.96. The van der Waals surface area contributed by atoms with E-state index in [-0.39, 0.29) is 11.9 Å².